The Kier molecular flexibility index (Phi) is 3.57. The second-order valence-electron chi connectivity index (χ2n) is 3.03. The van der Waals surface area contributed by atoms with Gasteiger partial charge in [0, 0.05) is 16.2 Å². The molecule has 0 saturated carbocycles. The summed E-state index contributed by atoms with van der Waals surface area (Å²) in [5.41, 5.74) is 2.24. The number of allylic oxidation sites excluding steroid dienone is 1. The zero-order chi connectivity index (χ0) is 10.7. The van der Waals surface area contributed by atoms with Crippen LogP contribution in [0.25, 0.3) is 5.03 Å². The Morgan fingerprint density at radius 3 is 2.57 bits per heavy atom. The standard InChI is InChI=1S/C11H9Cl2N/c1-7-3-4-9(10(12)5-7)11(13)8(2)6-14/h3-5H,1-2H3/b11-8-. The number of aryl methyl sites for hydroxylation is 1. The molecule has 1 rings (SSSR count). The number of hydrogen-bond donors (Lipinski definition) is 0. The molecule has 1 aromatic rings. The molecule has 3 heteroatoms. The summed E-state index contributed by atoms with van der Waals surface area (Å²) in [6.07, 6.45) is 0. The van der Waals surface area contributed by atoms with E-state index >= 15 is 0 Å². The third-order valence-corrected chi connectivity index (χ3v) is 2.66. The van der Waals surface area contributed by atoms with Gasteiger partial charge < -0.3 is 0 Å². The Balaban J connectivity index is 3.29. The molecule has 0 bridgehead atoms. The lowest BCUT2D eigenvalue weighted by atomic mass is 10.1. The lowest BCUT2D eigenvalue weighted by molar-refractivity contribution is 1.43. The molecule has 72 valence electrons. The molecule has 0 fully saturated rings. The third-order valence-electron chi connectivity index (χ3n) is 1.86. The number of nitriles is 1. The summed E-state index contributed by atoms with van der Waals surface area (Å²) in [5, 5.41) is 9.66. The fraction of sp³-hybridized carbons (Fsp3) is 0.182. The van der Waals surface area contributed by atoms with Crippen LogP contribution in [-0.4, -0.2) is 0 Å². The summed E-state index contributed by atoms with van der Waals surface area (Å²) < 4.78 is 0. The molecule has 0 radical (unpaired) electrons. The summed E-state index contributed by atoms with van der Waals surface area (Å²) in [7, 11) is 0. The molecule has 1 aromatic carbocycles. The van der Waals surface area contributed by atoms with E-state index in [0.717, 1.165) is 5.56 Å². The van der Waals surface area contributed by atoms with Gasteiger partial charge in [0.25, 0.3) is 0 Å². The number of benzene rings is 1. The Bertz CT molecular complexity index is 427. The van der Waals surface area contributed by atoms with Crippen LogP contribution >= 0.6 is 23.2 Å². The highest BCUT2D eigenvalue weighted by molar-refractivity contribution is 6.51. The zero-order valence-corrected chi connectivity index (χ0v) is 9.45. The summed E-state index contributed by atoms with van der Waals surface area (Å²) in [4.78, 5) is 0. The van der Waals surface area contributed by atoms with Gasteiger partial charge >= 0.3 is 0 Å². The lowest BCUT2D eigenvalue weighted by Crippen LogP contribution is -1.84. The SMILES string of the molecule is C/C(C#N)=C(/Cl)c1ccc(C)cc1Cl. The Hall–Kier alpha value is -0.970. The van der Waals surface area contributed by atoms with Crippen LogP contribution < -0.4 is 0 Å². The van der Waals surface area contributed by atoms with Crippen LogP contribution in [0, 0.1) is 18.3 Å². The summed E-state index contributed by atoms with van der Waals surface area (Å²) >= 11 is 12.0. The molecule has 0 aliphatic rings. The topological polar surface area (TPSA) is 23.8 Å². The van der Waals surface area contributed by atoms with Crippen LogP contribution in [0.3, 0.4) is 0 Å². The average Bonchev–Trinajstić information content (AvgIpc) is 2.15. The molecule has 0 N–H and O–H groups in total. The Labute approximate surface area is 93.6 Å². The molecular formula is C11H9Cl2N. The van der Waals surface area contributed by atoms with Gasteiger partial charge in [0.05, 0.1) is 11.1 Å². The first-order valence-corrected chi connectivity index (χ1v) is 4.85. The second kappa shape index (κ2) is 4.50. The maximum absolute atomic E-state index is 8.68. The maximum atomic E-state index is 8.68. The van der Waals surface area contributed by atoms with Crippen molar-refractivity contribution in [2.75, 3.05) is 0 Å². The molecule has 0 unspecified atom stereocenters. The molecular weight excluding hydrogens is 217 g/mol. The van der Waals surface area contributed by atoms with Crippen molar-refractivity contribution in [3.8, 4) is 6.07 Å². The predicted octanol–water partition coefficient (Wildman–Crippen LogP) is 4.14. The first-order chi connectivity index (χ1) is 6.56. The average molecular weight is 226 g/mol. The van der Waals surface area contributed by atoms with Crippen molar-refractivity contribution in [3.05, 3.63) is 39.9 Å². The van der Waals surface area contributed by atoms with Gasteiger partial charge in [-0.05, 0) is 25.5 Å². The van der Waals surface area contributed by atoms with E-state index in [9.17, 15) is 0 Å². The van der Waals surface area contributed by atoms with E-state index in [0.29, 0.717) is 21.2 Å². The van der Waals surface area contributed by atoms with Crippen LogP contribution in [-0.2, 0) is 0 Å². The van der Waals surface area contributed by atoms with Gasteiger partial charge in [-0.1, -0.05) is 35.3 Å². The van der Waals surface area contributed by atoms with E-state index in [1.165, 1.54) is 0 Å². The van der Waals surface area contributed by atoms with E-state index in [2.05, 4.69) is 0 Å². The molecule has 0 atom stereocenters. The molecule has 0 aromatic heterocycles. The first-order valence-electron chi connectivity index (χ1n) is 4.09. The molecule has 0 heterocycles. The molecule has 0 saturated heterocycles. The van der Waals surface area contributed by atoms with Crippen molar-refractivity contribution < 1.29 is 0 Å². The van der Waals surface area contributed by atoms with Gasteiger partial charge in [0.15, 0.2) is 0 Å². The van der Waals surface area contributed by atoms with Gasteiger partial charge in [0.1, 0.15) is 0 Å². The second-order valence-corrected chi connectivity index (χ2v) is 3.82. The maximum Gasteiger partial charge on any atom is 0.0959 e. The van der Waals surface area contributed by atoms with Crippen molar-refractivity contribution in [1.29, 1.82) is 5.26 Å². The van der Waals surface area contributed by atoms with Crippen LogP contribution in [0.1, 0.15) is 18.1 Å². The molecule has 0 amide bonds. The van der Waals surface area contributed by atoms with E-state index in [1.54, 1.807) is 6.92 Å². The largest absolute Gasteiger partial charge is 0.193 e. The first kappa shape index (κ1) is 11.1. The predicted molar refractivity (Wildman–Crippen MR) is 60.2 cm³/mol. The monoisotopic (exact) mass is 225 g/mol. The van der Waals surface area contributed by atoms with E-state index in [4.69, 9.17) is 28.5 Å². The smallest absolute Gasteiger partial charge is 0.0959 e. The van der Waals surface area contributed by atoms with Crippen molar-refractivity contribution in [3.63, 3.8) is 0 Å². The van der Waals surface area contributed by atoms with Gasteiger partial charge in [-0.2, -0.15) is 5.26 Å². The fourth-order valence-electron chi connectivity index (χ4n) is 1.05. The number of nitrogens with zero attached hydrogens (tertiary/aromatic N) is 1. The summed E-state index contributed by atoms with van der Waals surface area (Å²) in [6.45, 7) is 3.61. The molecule has 14 heavy (non-hydrogen) atoms. The highest BCUT2D eigenvalue weighted by Gasteiger charge is 2.07. The molecule has 0 aliphatic carbocycles. The van der Waals surface area contributed by atoms with Crippen molar-refractivity contribution in [1.82, 2.24) is 0 Å². The van der Waals surface area contributed by atoms with Gasteiger partial charge in [-0.25, -0.2) is 0 Å². The van der Waals surface area contributed by atoms with E-state index < -0.39 is 0 Å². The van der Waals surface area contributed by atoms with E-state index in [-0.39, 0.29) is 0 Å². The quantitative estimate of drug-likeness (QED) is 0.660. The minimum Gasteiger partial charge on any atom is -0.193 e. The minimum absolute atomic E-state index is 0.414. The van der Waals surface area contributed by atoms with Gasteiger partial charge in [0.2, 0.25) is 0 Å². The van der Waals surface area contributed by atoms with Crippen LogP contribution in [0.4, 0.5) is 0 Å². The van der Waals surface area contributed by atoms with Crippen molar-refractivity contribution in [2.45, 2.75) is 13.8 Å². The summed E-state index contributed by atoms with van der Waals surface area (Å²) in [5.74, 6) is 0. The number of hydrogen-bond acceptors (Lipinski definition) is 1. The molecule has 0 aliphatic heterocycles. The molecule has 1 nitrogen and oxygen atoms in total. The minimum atomic E-state index is 0.414. The summed E-state index contributed by atoms with van der Waals surface area (Å²) in [6, 6.07) is 7.55. The van der Waals surface area contributed by atoms with Gasteiger partial charge in [-0.3, -0.25) is 0 Å². The number of rotatable bonds is 1. The van der Waals surface area contributed by atoms with Crippen LogP contribution in [0.5, 0.6) is 0 Å². The normalized spacial score (nSPS) is 11.9. The highest BCUT2D eigenvalue weighted by Crippen LogP contribution is 2.29. The van der Waals surface area contributed by atoms with Crippen molar-refractivity contribution >= 4 is 28.2 Å². The fourth-order valence-corrected chi connectivity index (χ4v) is 1.63. The van der Waals surface area contributed by atoms with E-state index in [1.807, 2.05) is 31.2 Å². The Morgan fingerprint density at radius 2 is 2.07 bits per heavy atom. The van der Waals surface area contributed by atoms with Gasteiger partial charge in [-0.15, -0.1) is 0 Å². The van der Waals surface area contributed by atoms with Crippen molar-refractivity contribution in [2.24, 2.45) is 0 Å². The lowest BCUT2D eigenvalue weighted by Gasteiger charge is -2.04. The highest BCUT2D eigenvalue weighted by atomic mass is 35.5. The van der Waals surface area contributed by atoms with Crippen LogP contribution in [0.2, 0.25) is 5.02 Å². The third kappa shape index (κ3) is 2.29. The molecule has 0 spiro atoms. The van der Waals surface area contributed by atoms with Crippen LogP contribution in [0.15, 0.2) is 23.8 Å². The number of halogens is 2. The Morgan fingerprint density at radius 1 is 1.43 bits per heavy atom. The zero-order valence-electron chi connectivity index (χ0n) is 7.94.